The fraction of sp³-hybridized carbons (Fsp3) is 0.310. The van der Waals surface area contributed by atoms with Crippen LogP contribution in [0.1, 0.15) is 28.8 Å². The molecule has 1 atom stereocenters. The van der Waals surface area contributed by atoms with Gasteiger partial charge in [0.15, 0.2) is 0 Å². The van der Waals surface area contributed by atoms with Crippen LogP contribution in [0.25, 0.3) is 0 Å². The third-order valence-corrected chi connectivity index (χ3v) is 8.28. The van der Waals surface area contributed by atoms with Crippen molar-refractivity contribution in [3.05, 3.63) is 77.9 Å². The van der Waals surface area contributed by atoms with Crippen molar-refractivity contribution in [2.75, 3.05) is 43.5 Å². The normalized spacial score (nSPS) is 14.8. The van der Waals surface area contributed by atoms with Gasteiger partial charge in [-0.05, 0) is 56.2 Å². The summed E-state index contributed by atoms with van der Waals surface area (Å²) in [5.74, 6) is -0.406. The van der Waals surface area contributed by atoms with E-state index in [2.05, 4.69) is 10.6 Å². The van der Waals surface area contributed by atoms with Gasteiger partial charge in [0.2, 0.25) is 5.91 Å². The Morgan fingerprint density at radius 1 is 1.02 bits per heavy atom. The van der Waals surface area contributed by atoms with Crippen molar-refractivity contribution in [2.24, 2.45) is 0 Å². The number of benzene rings is 3. The number of hydrogen-bond donors (Lipinski definition) is 2. The lowest BCUT2D eigenvalue weighted by Gasteiger charge is -2.26. The molecule has 1 aliphatic rings. The van der Waals surface area contributed by atoms with Crippen LogP contribution in [0.5, 0.6) is 11.5 Å². The standard InChI is InChI=1S/C29H33N3O7S/c1-20-10-13-23(14-11-20)40(35,36)32(26-17-21(37-2)12-15-27(26)38-3)19-28(33)31-25-9-5-4-8-24(25)29(34)30-18-22-7-6-16-39-22/h4-5,8-15,17,22H,6-7,16,18-19H2,1-3H3,(H,30,34)(H,31,33)/t22-/m1/s1. The maximum atomic E-state index is 13.9. The molecule has 0 aromatic heterocycles. The summed E-state index contributed by atoms with van der Waals surface area (Å²) in [5.41, 5.74) is 1.51. The lowest BCUT2D eigenvalue weighted by atomic mass is 10.1. The molecule has 4 rings (SSSR count). The van der Waals surface area contributed by atoms with Crippen LogP contribution in [0.15, 0.2) is 71.6 Å². The molecular weight excluding hydrogens is 534 g/mol. The third kappa shape index (κ3) is 6.72. The second-order valence-electron chi connectivity index (χ2n) is 9.30. The number of carbonyl (C=O) groups excluding carboxylic acids is 2. The second kappa shape index (κ2) is 12.8. The summed E-state index contributed by atoms with van der Waals surface area (Å²) in [4.78, 5) is 26.3. The second-order valence-corrected chi connectivity index (χ2v) is 11.2. The SMILES string of the molecule is COc1ccc(OC)c(N(CC(=O)Nc2ccccc2C(=O)NC[C@H]2CCCO2)S(=O)(=O)c2ccc(C)cc2)c1. The Kier molecular flexibility index (Phi) is 9.28. The van der Waals surface area contributed by atoms with Crippen LogP contribution in [0.3, 0.4) is 0 Å². The van der Waals surface area contributed by atoms with Crippen LogP contribution in [-0.2, 0) is 19.6 Å². The summed E-state index contributed by atoms with van der Waals surface area (Å²) in [6, 6.07) is 17.6. The van der Waals surface area contributed by atoms with E-state index in [4.69, 9.17) is 14.2 Å². The van der Waals surface area contributed by atoms with E-state index in [9.17, 15) is 18.0 Å². The van der Waals surface area contributed by atoms with E-state index < -0.39 is 22.5 Å². The van der Waals surface area contributed by atoms with Gasteiger partial charge in [-0.25, -0.2) is 8.42 Å². The van der Waals surface area contributed by atoms with Crippen LogP contribution < -0.4 is 24.4 Å². The van der Waals surface area contributed by atoms with E-state index in [1.165, 1.54) is 32.4 Å². The summed E-state index contributed by atoms with van der Waals surface area (Å²) < 4.78 is 45.0. The highest BCUT2D eigenvalue weighted by atomic mass is 32.2. The van der Waals surface area contributed by atoms with Crippen LogP contribution >= 0.6 is 0 Å². The predicted molar refractivity (Wildman–Crippen MR) is 152 cm³/mol. The summed E-state index contributed by atoms with van der Waals surface area (Å²) in [6.45, 7) is 2.29. The minimum absolute atomic E-state index is 0.00434. The van der Waals surface area contributed by atoms with Crippen molar-refractivity contribution < 1.29 is 32.2 Å². The number of ether oxygens (including phenoxy) is 3. The van der Waals surface area contributed by atoms with Crippen molar-refractivity contribution >= 4 is 33.2 Å². The Bertz CT molecular complexity index is 1450. The largest absolute Gasteiger partial charge is 0.497 e. The number of methoxy groups -OCH3 is 2. The van der Waals surface area contributed by atoms with Gasteiger partial charge < -0.3 is 24.8 Å². The number of amides is 2. The van der Waals surface area contributed by atoms with Crippen molar-refractivity contribution in [1.29, 1.82) is 0 Å². The van der Waals surface area contributed by atoms with Crippen molar-refractivity contribution in [3.63, 3.8) is 0 Å². The van der Waals surface area contributed by atoms with Crippen LogP contribution in [-0.4, -0.2) is 60.3 Å². The van der Waals surface area contributed by atoms with E-state index in [-0.39, 0.29) is 39.6 Å². The summed E-state index contributed by atoms with van der Waals surface area (Å²) >= 11 is 0. The first-order chi connectivity index (χ1) is 19.2. The minimum atomic E-state index is -4.22. The third-order valence-electron chi connectivity index (χ3n) is 6.51. The molecule has 1 heterocycles. The molecule has 1 aliphatic heterocycles. The zero-order valence-corrected chi connectivity index (χ0v) is 23.5. The minimum Gasteiger partial charge on any atom is -0.497 e. The highest BCUT2D eigenvalue weighted by molar-refractivity contribution is 7.92. The smallest absolute Gasteiger partial charge is 0.264 e. The van der Waals surface area contributed by atoms with Gasteiger partial charge in [0.05, 0.1) is 42.2 Å². The first kappa shape index (κ1) is 28.9. The molecule has 1 fully saturated rings. The summed E-state index contributed by atoms with van der Waals surface area (Å²) in [6.07, 6.45) is 1.79. The van der Waals surface area contributed by atoms with Gasteiger partial charge in [0.25, 0.3) is 15.9 Å². The molecule has 40 heavy (non-hydrogen) atoms. The zero-order valence-electron chi connectivity index (χ0n) is 22.7. The maximum Gasteiger partial charge on any atom is 0.264 e. The molecule has 212 valence electrons. The maximum absolute atomic E-state index is 13.9. The average Bonchev–Trinajstić information content (AvgIpc) is 3.48. The van der Waals surface area contributed by atoms with Gasteiger partial charge in [-0.2, -0.15) is 0 Å². The Morgan fingerprint density at radius 2 is 1.77 bits per heavy atom. The monoisotopic (exact) mass is 567 g/mol. The van der Waals surface area contributed by atoms with Crippen molar-refractivity contribution in [1.82, 2.24) is 5.32 Å². The molecule has 2 amide bonds. The molecular formula is C29H33N3O7S. The number of nitrogens with zero attached hydrogens (tertiary/aromatic N) is 1. The number of para-hydroxylation sites is 1. The van der Waals surface area contributed by atoms with E-state index in [1.54, 1.807) is 48.5 Å². The topological polar surface area (TPSA) is 123 Å². The molecule has 0 unspecified atom stereocenters. The van der Waals surface area contributed by atoms with Gasteiger partial charge in [-0.1, -0.05) is 29.8 Å². The Labute approximate surface area is 234 Å². The van der Waals surface area contributed by atoms with Gasteiger partial charge in [-0.15, -0.1) is 0 Å². The molecule has 0 bridgehead atoms. The number of hydrogen-bond acceptors (Lipinski definition) is 7. The molecule has 1 saturated heterocycles. The summed E-state index contributed by atoms with van der Waals surface area (Å²) in [5, 5.41) is 5.56. The Balaban J connectivity index is 1.63. The lowest BCUT2D eigenvalue weighted by Crippen LogP contribution is -2.39. The van der Waals surface area contributed by atoms with E-state index in [0.29, 0.717) is 18.9 Å². The molecule has 3 aromatic carbocycles. The average molecular weight is 568 g/mol. The number of anilines is 2. The first-order valence-corrected chi connectivity index (χ1v) is 14.3. The van der Waals surface area contributed by atoms with E-state index >= 15 is 0 Å². The molecule has 0 spiro atoms. The lowest BCUT2D eigenvalue weighted by molar-refractivity contribution is -0.114. The van der Waals surface area contributed by atoms with Crippen LogP contribution in [0.2, 0.25) is 0 Å². The van der Waals surface area contributed by atoms with E-state index in [1.807, 2.05) is 6.92 Å². The summed E-state index contributed by atoms with van der Waals surface area (Å²) in [7, 11) is -1.35. The Morgan fingerprint density at radius 3 is 2.45 bits per heavy atom. The van der Waals surface area contributed by atoms with Gasteiger partial charge >= 0.3 is 0 Å². The molecule has 2 N–H and O–H groups in total. The fourth-order valence-corrected chi connectivity index (χ4v) is 5.77. The number of aryl methyl sites for hydroxylation is 1. The van der Waals surface area contributed by atoms with Crippen LogP contribution in [0, 0.1) is 6.92 Å². The molecule has 0 radical (unpaired) electrons. The fourth-order valence-electron chi connectivity index (χ4n) is 4.35. The highest BCUT2D eigenvalue weighted by Crippen LogP contribution is 2.35. The zero-order chi connectivity index (χ0) is 28.7. The molecule has 3 aromatic rings. The number of sulfonamides is 1. The van der Waals surface area contributed by atoms with Crippen molar-refractivity contribution in [3.8, 4) is 11.5 Å². The predicted octanol–water partition coefficient (Wildman–Crippen LogP) is 3.76. The van der Waals surface area contributed by atoms with Crippen LogP contribution in [0.4, 0.5) is 11.4 Å². The molecule has 10 nitrogen and oxygen atoms in total. The number of carbonyl (C=O) groups is 2. The van der Waals surface area contributed by atoms with Gasteiger partial charge in [0, 0.05) is 19.2 Å². The quantitative estimate of drug-likeness (QED) is 0.362. The highest BCUT2D eigenvalue weighted by Gasteiger charge is 2.30. The molecule has 11 heteroatoms. The number of rotatable bonds is 11. The number of nitrogens with one attached hydrogen (secondary N) is 2. The van der Waals surface area contributed by atoms with Gasteiger partial charge in [0.1, 0.15) is 18.0 Å². The van der Waals surface area contributed by atoms with E-state index in [0.717, 1.165) is 22.7 Å². The Hall–Kier alpha value is -4.09. The van der Waals surface area contributed by atoms with Gasteiger partial charge in [-0.3, -0.25) is 13.9 Å². The molecule has 0 aliphatic carbocycles. The van der Waals surface area contributed by atoms with Crippen molar-refractivity contribution in [2.45, 2.75) is 30.8 Å². The first-order valence-electron chi connectivity index (χ1n) is 12.8. The molecule has 0 saturated carbocycles.